The third-order valence-electron chi connectivity index (χ3n) is 2.32. The molecule has 0 bridgehead atoms. The monoisotopic (exact) mass is 229 g/mol. The molecule has 5 heteroatoms. The highest BCUT2D eigenvalue weighted by Crippen LogP contribution is 2.42. The number of halogens is 1. The van der Waals surface area contributed by atoms with Crippen molar-refractivity contribution in [3.8, 4) is 0 Å². The number of aryl methyl sites for hydroxylation is 1. The maximum absolute atomic E-state index is 14.0. The Morgan fingerprint density at radius 3 is 2.73 bits per heavy atom. The molecule has 0 saturated carbocycles. The highest BCUT2D eigenvalue weighted by atomic mass is 31.1. The predicted octanol–water partition coefficient (Wildman–Crippen LogP) is 2.46. The second-order valence-corrected chi connectivity index (χ2v) is 5.03. The number of nitrogen functional groups attached to an aromatic ring is 1. The molecule has 1 heterocycles. The molecule has 0 amide bonds. The van der Waals surface area contributed by atoms with Gasteiger partial charge in [-0.1, -0.05) is 15.5 Å². The molecule has 2 atom stereocenters. The first-order chi connectivity index (χ1) is 7.01. The van der Waals surface area contributed by atoms with Gasteiger partial charge in [-0.25, -0.2) is 14.4 Å². The second kappa shape index (κ2) is 4.84. The van der Waals surface area contributed by atoms with E-state index in [2.05, 4.69) is 9.97 Å². The zero-order valence-corrected chi connectivity index (χ0v) is 10.3. The van der Waals surface area contributed by atoms with E-state index >= 15 is 0 Å². The lowest BCUT2D eigenvalue weighted by atomic mass is 10.2. The first kappa shape index (κ1) is 12.3. The highest BCUT2D eigenvalue weighted by Gasteiger charge is 2.27. The molecule has 0 aliphatic carbocycles. The van der Waals surface area contributed by atoms with Crippen molar-refractivity contribution >= 4 is 14.4 Å². The van der Waals surface area contributed by atoms with Crippen molar-refractivity contribution in [3.63, 3.8) is 0 Å². The molecule has 3 nitrogen and oxygen atoms in total. The van der Waals surface area contributed by atoms with Crippen LogP contribution >= 0.6 is 8.58 Å². The van der Waals surface area contributed by atoms with E-state index in [9.17, 15) is 4.39 Å². The SMILES string of the molecule is CCCc1ncc(C(C)(F)PC)c(N)n1. The van der Waals surface area contributed by atoms with Crippen molar-refractivity contribution < 1.29 is 4.39 Å². The first-order valence-electron chi connectivity index (χ1n) is 5.01. The Labute approximate surface area is 91.5 Å². The standard InChI is InChI=1S/C10H17FN3P/c1-4-5-8-13-6-7(9(12)14-8)10(2,11)15-3/h6,15H,4-5H2,1-3H3,(H2,12,13,14). The summed E-state index contributed by atoms with van der Waals surface area (Å²) in [5.74, 6) is 0.960. The molecular weight excluding hydrogens is 212 g/mol. The van der Waals surface area contributed by atoms with Crippen LogP contribution in [0.15, 0.2) is 6.20 Å². The fraction of sp³-hybridized carbons (Fsp3) is 0.600. The van der Waals surface area contributed by atoms with Crippen molar-refractivity contribution in [2.24, 2.45) is 0 Å². The van der Waals surface area contributed by atoms with Crippen LogP contribution in [0.1, 0.15) is 31.7 Å². The van der Waals surface area contributed by atoms with Gasteiger partial charge in [0.2, 0.25) is 0 Å². The summed E-state index contributed by atoms with van der Waals surface area (Å²) >= 11 is 0. The highest BCUT2D eigenvalue weighted by molar-refractivity contribution is 7.38. The smallest absolute Gasteiger partial charge is 0.153 e. The Kier molecular flexibility index (Phi) is 3.97. The molecule has 0 radical (unpaired) electrons. The molecule has 84 valence electrons. The topological polar surface area (TPSA) is 51.8 Å². The maximum atomic E-state index is 14.0. The van der Waals surface area contributed by atoms with Crippen LogP contribution < -0.4 is 5.73 Å². The molecule has 1 aromatic heterocycles. The van der Waals surface area contributed by atoms with Crippen LogP contribution in [0.5, 0.6) is 0 Å². The van der Waals surface area contributed by atoms with E-state index in [0.29, 0.717) is 11.4 Å². The molecule has 1 aromatic rings. The van der Waals surface area contributed by atoms with Crippen LogP contribution in [-0.2, 0) is 11.8 Å². The van der Waals surface area contributed by atoms with E-state index < -0.39 is 5.41 Å². The first-order valence-corrected chi connectivity index (χ1v) is 6.51. The van der Waals surface area contributed by atoms with E-state index in [1.54, 1.807) is 6.66 Å². The Morgan fingerprint density at radius 1 is 1.60 bits per heavy atom. The molecule has 0 fully saturated rings. The van der Waals surface area contributed by atoms with Crippen LogP contribution in [0, 0.1) is 0 Å². The Morgan fingerprint density at radius 2 is 2.27 bits per heavy atom. The minimum Gasteiger partial charge on any atom is -0.383 e. The van der Waals surface area contributed by atoms with Gasteiger partial charge in [-0.15, -0.1) is 0 Å². The lowest BCUT2D eigenvalue weighted by Gasteiger charge is -2.19. The number of rotatable bonds is 4. The summed E-state index contributed by atoms with van der Waals surface area (Å²) in [6.45, 7) is 5.36. The summed E-state index contributed by atoms with van der Waals surface area (Å²) in [5.41, 5.74) is 6.13. The fourth-order valence-corrected chi connectivity index (χ4v) is 1.74. The number of nitrogens with zero attached hydrogens (tertiary/aromatic N) is 2. The van der Waals surface area contributed by atoms with E-state index in [4.69, 9.17) is 5.73 Å². The van der Waals surface area contributed by atoms with Crippen LogP contribution in [0.2, 0.25) is 0 Å². The molecular formula is C10H17FN3P. The maximum Gasteiger partial charge on any atom is 0.153 e. The number of alkyl halides is 1. The summed E-state index contributed by atoms with van der Waals surface area (Å²) in [7, 11) is 0.129. The van der Waals surface area contributed by atoms with E-state index in [1.807, 2.05) is 6.92 Å². The van der Waals surface area contributed by atoms with Crippen LogP contribution in [0.3, 0.4) is 0 Å². The Bertz CT molecular complexity index is 341. The third-order valence-corrected chi connectivity index (χ3v) is 3.53. The van der Waals surface area contributed by atoms with Crippen molar-refractivity contribution in [1.82, 2.24) is 9.97 Å². The largest absolute Gasteiger partial charge is 0.383 e. The van der Waals surface area contributed by atoms with Gasteiger partial charge in [0, 0.05) is 12.6 Å². The van der Waals surface area contributed by atoms with Gasteiger partial charge in [0.25, 0.3) is 0 Å². The molecule has 0 saturated heterocycles. The van der Waals surface area contributed by atoms with Crippen molar-refractivity contribution in [2.45, 2.75) is 32.1 Å². The normalized spacial score (nSPS) is 15.7. The van der Waals surface area contributed by atoms with Crippen LogP contribution in [-0.4, -0.2) is 16.6 Å². The van der Waals surface area contributed by atoms with Gasteiger partial charge >= 0.3 is 0 Å². The predicted molar refractivity (Wildman–Crippen MR) is 63.1 cm³/mol. The lowest BCUT2D eigenvalue weighted by molar-refractivity contribution is 0.320. The molecule has 0 spiro atoms. The average Bonchev–Trinajstić information content (AvgIpc) is 2.18. The number of hydrogen-bond donors (Lipinski definition) is 1. The van der Waals surface area contributed by atoms with Crippen LogP contribution in [0.25, 0.3) is 0 Å². The molecule has 0 aromatic carbocycles. The molecule has 1 rings (SSSR count). The molecule has 0 aliphatic rings. The second-order valence-electron chi connectivity index (χ2n) is 3.59. The summed E-state index contributed by atoms with van der Waals surface area (Å²) < 4.78 is 14.0. The number of nitrogens with two attached hydrogens (primary N) is 1. The van der Waals surface area contributed by atoms with Gasteiger partial charge in [-0.05, 0) is 20.0 Å². The van der Waals surface area contributed by atoms with E-state index in [0.717, 1.165) is 12.8 Å². The van der Waals surface area contributed by atoms with Gasteiger partial charge in [-0.3, -0.25) is 0 Å². The molecule has 2 unspecified atom stereocenters. The summed E-state index contributed by atoms with van der Waals surface area (Å²) in [4.78, 5) is 8.23. The minimum atomic E-state index is -1.41. The number of aromatic nitrogens is 2. The van der Waals surface area contributed by atoms with Gasteiger partial charge in [-0.2, -0.15) is 0 Å². The van der Waals surface area contributed by atoms with Crippen molar-refractivity contribution in [1.29, 1.82) is 0 Å². The van der Waals surface area contributed by atoms with Crippen molar-refractivity contribution in [3.05, 3.63) is 17.6 Å². The zero-order chi connectivity index (χ0) is 11.5. The van der Waals surface area contributed by atoms with Gasteiger partial charge in [0.05, 0.1) is 5.56 Å². The number of hydrogen-bond acceptors (Lipinski definition) is 3. The minimum absolute atomic E-state index is 0.129. The lowest BCUT2D eigenvalue weighted by Crippen LogP contribution is -2.14. The van der Waals surface area contributed by atoms with Gasteiger partial charge in [0.15, 0.2) is 5.41 Å². The summed E-state index contributed by atoms with van der Waals surface area (Å²) in [5, 5.41) is -1.41. The third kappa shape index (κ3) is 2.85. The quantitative estimate of drug-likeness (QED) is 0.807. The Balaban J connectivity index is 3.03. The molecule has 2 N–H and O–H groups in total. The van der Waals surface area contributed by atoms with Crippen molar-refractivity contribution in [2.75, 3.05) is 12.4 Å². The summed E-state index contributed by atoms with van der Waals surface area (Å²) in [6, 6.07) is 0. The Hall–Kier alpha value is -0.760. The fourth-order valence-electron chi connectivity index (χ4n) is 1.27. The van der Waals surface area contributed by atoms with E-state index in [1.165, 1.54) is 13.1 Å². The summed E-state index contributed by atoms with van der Waals surface area (Å²) in [6.07, 6.45) is 3.26. The van der Waals surface area contributed by atoms with E-state index in [-0.39, 0.29) is 14.4 Å². The zero-order valence-electron chi connectivity index (χ0n) is 9.34. The van der Waals surface area contributed by atoms with Gasteiger partial charge < -0.3 is 5.73 Å². The number of anilines is 1. The average molecular weight is 229 g/mol. The van der Waals surface area contributed by atoms with Crippen LogP contribution in [0.4, 0.5) is 10.2 Å². The molecule has 0 aliphatic heterocycles. The van der Waals surface area contributed by atoms with Gasteiger partial charge in [0.1, 0.15) is 11.6 Å². The molecule has 15 heavy (non-hydrogen) atoms.